The van der Waals surface area contributed by atoms with Crippen LogP contribution in [0.4, 0.5) is 0 Å². The maximum absolute atomic E-state index is 12.7. The summed E-state index contributed by atoms with van der Waals surface area (Å²) in [6.45, 7) is 0.957. The summed E-state index contributed by atoms with van der Waals surface area (Å²) in [5.74, 6) is -1.39. The molecule has 0 aliphatic carbocycles. The van der Waals surface area contributed by atoms with Crippen molar-refractivity contribution in [3.63, 3.8) is 0 Å². The monoisotopic (exact) mass is 408 g/mol. The minimum atomic E-state index is -0.487. The SMILES string of the molecule is O=C1NC(=O)[C@H](c2cn3c4c(cccc24)CCC3)[C@H]1c1ccc(Br)cc1. The van der Waals surface area contributed by atoms with Gasteiger partial charge in [-0.25, -0.2) is 0 Å². The summed E-state index contributed by atoms with van der Waals surface area (Å²) in [5.41, 5.74) is 4.37. The van der Waals surface area contributed by atoms with Crippen molar-refractivity contribution in [1.29, 1.82) is 0 Å². The summed E-state index contributed by atoms with van der Waals surface area (Å²) < 4.78 is 3.20. The number of rotatable bonds is 2. The molecule has 0 radical (unpaired) electrons. The van der Waals surface area contributed by atoms with Crippen LogP contribution in [0, 0.1) is 0 Å². The molecule has 0 bridgehead atoms. The summed E-state index contributed by atoms with van der Waals surface area (Å²) >= 11 is 3.43. The molecule has 0 saturated carbocycles. The van der Waals surface area contributed by atoms with Gasteiger partial charge in [0.1, 0.15) is 0 Å². The Labute approximate surface area is 159 Å². The molecule has 2 atom stereocenters. The summed E-state index contributed by atoms with van der Waals surface area (Å²) in [6, 6.07) is 14.0. The van der Waals surface area contributed by atoms with E-state index in [-0.39, 0.29) is 11.8 Å². The molecule has 3 heterocycles. The second-order valence-corrected chi connectivity index (χ2v) is 7.97. The number of nitrogens with one attached hydrogen (secondary N) is 1. The van der Waals surface area contributed by atoms with E-state index < -0.39 is 11.8 Å². The molecule has 5 heteroatoms. The van der Waals surface area contributed by atoms with Gasteiger partial charge in [-0.15, -0.1) is 0 Å². The molecule has 2 aromatic carbocycles. The minimum Gasteiger partial charge on any atom is -0.347 e. The molecule has 26 heavy (non-hydrogen) atoms. The van der Waals surface area contributed by atoms with Crippen molar-refractivity contribution in [1.82, 2.24) is 9.88 Å². The van der Waals surface area contributed by atoms with Crippen LogP contribution < -0.4 is 5.32 Å². The van der Waals surface area contributed by atoms with Crippen molar-refractivity contribution < 1.29 is 9.59 Å². The predicted octanol–water partition coefficient (Wildman–Crippen LogP) is 3.87. The Morgan fingerprint density at radius 1 is 1.00 bits per heavy atom. The van der Waals surface area contributed by atoms with Gasteiger partial charge in [0, 0.05) is 22.6 Å². The zero-order chi connectivity index (χ0) is 17.8. The second-order valence-electron chi connectivity index (χ2n) is 7.06. The fraction of sp³-hybridized carbons (Fsp3) is 0.238. The third kappa shape index (κ3) is 2.27. The van der Waals surface area contributed by atoms with E-state index in [1.807, 2.05) is 24.3 Å². The van der Waals surface area contributed by atoms with E-state index >= 15 is 0 Å². The molecule has 2 aliphatic rings. The van der Waals surface area contributed by atoms with Gasteiger partial charge in [0.25, 0.3) is 0 Å². The molecule has 3 aromatic rings. The van der Waals surface area contributed by atoms with Gasteiger partial charge in [0.2, 0.25) is 11.8 Å². The number of aryl methyl sites for hydroxylation is 2. The molecule has 130 valence electrons. The highest BCUT2D eigenvalue weighted by Gasteiger charge is 2.44. The van der Waals surface area contributed by atoms with Gasteiger partial charge < -0.3 is 4.57 Å². The highest BCUT2D eigenvalue weighted by Crippen LogP contribution is 2.42. The molecular formula is C21H17BrN2O2. The van der Waals surface area contributed by atoms with Crippen LogP contribution in [0.1, 0.15) is 34.9 Å². The number of hydrogen-bond donors (Lipinski definition) is 1. The Balaban J connectivity index is 1.70. The number of nitrogens with zero attached hydrogens (tertiary/aromatic N) is 1. The van der Waals surface area contributed by atoms with Crippen molar-refractivity contribution in [3.05, 3.63) is 69.8 Å². The second kappa shape index (κ2) is 5.81. The highest BCUT2D eigenvalue weighted by atomic mass is 79.9. The lowest BCUT2D eigenvalue weighted by molar-refractivity contribution is -0.125. The number of carbonyl (C=O) groups excluding carboxylic acids is 2. The number of benzene rings is 2. The van der Waals surface area contributed by atoms with Gasteiger partial charge >= 0.3 is 0 Å². The highest BCUT2D eigenvalue weighted by molar-refractivity contribution is 9.10. The van der Waals surface area contributed by atoms with E-state index in [1.165, 1.54) is 11.1 Å². The molecule has 2 aliphatic heterocycles. The molecule has 4 nitrogen and oxygen atoms in total. The minimum absolute atomic E-state index is 0.202. The average molecular weight is 409 g/mol. The van der Waals surface area contributed by atoms with Crippen molar-refractivity contribution in [2.24, 2.45) is 0 Å². The number of hydrogen-bond acceptors (Lipinski definition) is 2. The quantitative estimate of drug-likeness (QED) is 0.654. The van der Waals surface area contributed by atoms with Crippen LogP contribution >= 0.6 is 15.9 Å². The number of carbonyl (C=O) groups is 2. The first-order chi connectivity index (χ1) is 12.6. The van der Waals surface area contributed by atoms with Crippen LogP contribution in [0.2, 0.25) is 0 Å². The van der Waals surface area contributed by atoms with Crippen LogP contribution in [0.5, 0.6) is 0 Å². The molecular weight excluding hydrogens is 392 g/mol. The molecule has 5 rings (SSSR count). The zero-order valence-electron chi connectivity index (χ0n) is 14.0. The molecule has 2 amide bonds. The molecule has 0 spiro atoms. The van der Waals surface area contributed by atoms with E-state index in [9.17, 15) is 9.59 Å². The van der Waals surface area contributed by atoms with E-state index in [2.05, 4.69) is 50.2 Å². The lowest BCUT2D eigenvalue weighted by Crippen LogP contribution is -2.21. The molecule has 1 N–H and O–H groups in total. The zero-order valence-corrected chi connectivity index (χ0v) is 15.6. The van der Waals surface area contributed by atoms with E-state index in [0.29, 0.717) is 0 Å². The van der Waals surface area contributed by atoms with Gasteiger partial charge in [-0.05, 0) is 41.7 Å². The Kier molecular flexibility index (Phi) is 3.54. The third-order valence-corrected chi connectivity index (χ3v) is 6.10. The van der Waals surface area contributed by atoms with Gasteiger partial charge in [0.05, 0.1) is 17.4 Å². The Morgan fingerprint density at radius 2 is 1.77 bits per heavy atom. The van der Waals surface area contributed by atoms with Crippen LogP contribution in [0.3, 0.4) is 0 Å². The topological polar surface area (TPSA) is 51.1 Å². The molecule has 1 fully saturated rings. The summed E-state index contributed by atoms with van der Waals surface area (Å²) in [6.07, 6.45) is 4.25. The molecule has 1 aromatic heterocycles. The summed E-state index contributed by atoms with van der Waals surface area (Å²) in [7, 11) is 0. The third-order valence-electron chi connectivity index (χ3n) is 5.57. The normalized spacial score (nSPS) is 22.0. The number of amides is 2. The largest absolute Gasteiger partial charge is 0.347 e. The van der Waals surface area contributed by atoms with E-state index in [4.69, 9.17) is 0 Å². The van der Waals surface area contributed by atoms with E-state index in [0.717, 1.165) is 40.4 Å². The van der Waals surface area contributed by atoms with E-state index in [1.54, 1.807) is 0 Å². The lowest BCUT2D eigenvalue weighted by Gasteiger charge is -2.16. The fourth-order valence-electron chi connectivity index (χ4n) is 4.45. The smallest absolute Gasteiger partial charge is 0.235 e. The first kappa shape index (κ1) is 15.8. The number of imide groups is 1. The fourth-order valence-corrected chi connectivity index (χ4v) is 4.71. The van der Waals surface area contributed by atoms with Crippen LogP contribution in [-0.2, 0) is 22.6 Å². The first-order valence-corrected chi connectivity index (χ1v) is 9.63. The first-order valence-electron chi connectivity index (χ1n) is 8.84. The van der Waals surface area contributed by atoms with Crippen molar-refractivity contribution in [2.45, 2.75) is 31.2 Å². The van der Waals surface area contributed by atoms with Crippen LogP contribution in [-0.4, -0.2) is 16.4 Å². The molecule has 1 saturated heterocycles. The maximum atomic E-state index is 12.7. The van der Waals surface area contributed by atoms with Crippen molar-refractivity contribution >= 4 is 38.6 Å². The standard InChI is InChI=1S/C21H17BrN2O2/c22-14-8-6-12(7-9-14)17-18(21(26)23-20(17)25)16-11-24-10-2-4-13-3-1-5-15(16)19(13)24/h1,3,5-9,11,17-18H,2,4,10H2,(H,23,25,26)/t17-,18-/m1/s1. The maximum Gasteiger partial charge on any atom is 0.235 e. The Morgan fingerprint density at radius 3 is 2.58 bits per heavy atom. The van der Waals surface area contributed by atoms with Crippen LogP contribution in [0.15, 0.2) is 53.1 Å². The van der Waals surface area contributed by atoms with Gasteiger partial charge in [-0.1, -0.05) is 46.3 Å². The number of aromatic nitrogens is 1. The van der Waals surface area contributed by atoms with Gasteiger partial charge in [0.15, 0.2) is 0 Å². The number of para-hydroxylation sites is 1. The number of halogens is 1. The van der Waals surface area contributed by atoms with Gasteiger partial charge in [-0.3, -0.25) is 14.9 Å². The van der Waals surface area contributed by atoms with Gasteiger partial charge in [-0.2, -0.15) is 0 Å². The lowest BCUT2D eigenvalue weighted by atomic mass is 9.83. The average Bonchev–Trinajstić information content (AvgIpc) is 3.14. The predicted molar refractivity (Wildman–Crippen MR) is 103 cm³/mol. The summed E-state index contributed by atoms with van der Waals surface area (Å²) in [5, 5.41) is 3.65. The summed E-state index contributed by atoms with van der Waals surface area (Å²) in [4.78, 5) is 25.3. The molecule has 0 unspecified atom stereocenters. The Hall–Kier alpha value is -2.40. The van der Waals surface area contributed by atoms with Crippen molar-refractivity contribution in [3.8, 4) is 0 Å². The van der Waals surface area contributed by atoms with Crippen molar-refractivity contribution in [2.75, 3.05) is 0 Å². The Bertz CT molecular complexity index is 1050. The van der Waals surface area contributed by atoms with Crippen LogP contribution in [0.25, 0.3) is 10.9 Å².